The lowest BCUT2D eigenvalue weighted by atomic mass is 10.1. The van der Waals surface area contributed by atoms with Crippen molar-refractivity contribution < 1.29 is 18.8 Å². The first-order chi connectivity index (χ1) is 12.6. The Balaban J connectivity index is 1.83. The molecule has 0 spiro atoms. The van der Waals surface area contributed by atoms with Crippen LogP contribution in [0.1, 0.15) is 5.76 Å². The number of aromatic nitrogens is 3. The van der Waals surface area contributed by atoms with E-state index in [4.69, 9.17) is 19.7 Å². The van der Waals surface area contributed by atoms with Gasteiger partial charge in [-0.15, -0.1) is 0 Å². The van der Waals surface area contributed by atoms with E-state index in [1.54, 1.807) is 36.0 Å². The molecule has 1 aromatic carbocycles. The summed E-state index contributed by atoms with van der Waals surface area (Å²) in [6, 6.07) is 7.11. The third-order valence-corrected chi connectivity index (χ3v) is 3.61. The number of nitrogens with two attached hydrogens (primary N) is 1. The van der Waals surface area contributed by atoms with Crippen molar-refractivity contribution in [3.63, 3.8) is 0 Å². The highest BCUT2D eigenvalue weighted by atomic mass is 16.6. The summed E-state index contributed by atoms with van der Waals surface area (Å²) in [6.07, 6.45) is 2.37. The van der Waals surface area contributed by atoms with Gasteiger partial charge >= 0.3 is 6.09 Å². The molecular weight excluding hydrogens is 338 g/mol. The van der Waals surface area contributed by atoms with E-state index < -0.39 is 6.09 Å². The fraction of sp³-hybridized carbons (Fsp3) is 0.235. The minimum Gasteiger partial charge on any atom is -0.492 e. The molecule has 0 saturated heterocycles. The van der Waals surface area contributed by atoms with Gasteiger partial charge in [-0.1, -0.05) is 5.16 Å². The molecule has 9 nitrogen and oxygen atoms in total. The van der Waals surface area contributed by atoms with Crippen LogP contribution in [-0.4, -0.2) is 34.2 Å². The molecule has 0 saturated carbocycles. The van der Waals surface area contributed by atoms with E-state index in [0.717, 1.165) is 11.3 Å². The smallest absolute Gasteiger partial charge is 0.417 e. The van der Waals surface area contributed by atoms with Crippen LogP contribution in [0.15, 0.2) is 41.2 Å². The number of carbonyl (C=O) groups is 1. The van der Waals surface area contributed by atoms with Gasteiger partial charge in [0.25, 0.3) is 0 Å². The van der Waals surface area contributed by atoms with E-state index in [2.05, 4.69) is 15.6 Å². The Labute approximate surface area is 149 Å². The van der Waals surface area contributed by atoms with E-state index in [1.165, 1.54) is 6.20 Å². The van der Waals surface area contributed by atoms with Crippen LogP contribution in [0, 0.1) is 6.92 Å². The highest BCUT2D eigenvalue weighted by Gasteiger charge is 2.14. The Hall–Kier alpha value is -3.33. The van der Waals surface area contributed by atoms with Crippen LogP contribution in [0.3, 0.4) is 0 Å². The van der Waals surface area contributed by atoms with Crippen LogP contribution in [0.25, 0.3) is 11.3 Å². The summed E-state index contributed by atoms with van der Waals surface area (Å²) in [6.45, 7) is 2.43. The topological polar surface area (TPSA) is 117 Å². The molecule has 3 aromatic rings. The largest absolute Gasteiger partial charge is 0.492 e. The first-order valence-corrected chi connectivity index (χ1v) is 7.94. The third-order valence-electron chi connectivity index (χ3n) is 3.61. The van der Waals surface area contributed by atoms with Crippen LogP contribution in [0.2, 0.25) is 0 Å². The van der Waals surface area contributed by atoms with Gasteiger partial charge in [-0.05, 0) is 24.3 Å². The van der Waals surface area contributed by atoms with Crippen molar-refractivity contribution in [2.24, 2.45) is 12.8 Å². The number of rotatable bonds is 6. The molecule has 0 aliphatic carbocycles. The molecule has 0 radical (unpaired) electrons. The number of benzene rings is 1. The van der Waals surface area contributed by atoms with Crippen molar-refractivity contribution in [3.8, 4) is 22.8 Å². The van der Waals surface area contributed by atoms with Gasteiger partial charge in [0, 0.05) is 38.0 Å². The standard InChI is InChI=1S/C17H19N5O4/c1-11-16(10-20-26-11)25-17(23)21-12-3-4-15(24-8-6-18)13(9-12)14-5-7-19-22(14)2/h3-5,7,9-10H,6,8,18H2,1-2H3,(H,21,23). The third kappa shape index (κ3) is 3.83. The van der Waals surface area contributed by atoms with Crippen LogP contribution in [0.4, 0.5) is 10.5 Å². The fourth-order valence-electron chi connectivity index (χ4n) is 2.37. The highest BCUT2D eigenvalue weighted by molar-refractivity contribution is 5.88. The molecule has 9 heteroatoms. The average Bonchev–Trinajstić information content (AvgIpc) is 3.22. The molecule has 0 atom stereocenters. The fourth-order valence-corrected chi connectivity index (χ4v) is 2.37. The molecule has 0 aliphatic rings. The van der Waals surface area contributed by atoms with Gasteiger partial charge in [0.2, 0.25) is 0 Å². The first-order valence-electron chi connectivity index (χ1n) is 7.94. The number of ether oxygens (including phenoxy) is 2. The maximum atomic E-state index is 12.1. The van der Waals surface area contributed by atoms with Gasteiger partial charge in [-0.3, -0.25) is 10.00 Å². The SMILES string of the molecule is Cc1oncc1OC(=O)Nc1ccc(OCCN)c(-c2ccnn2C)c1. The molecule has 1 amide bonds. The number of hydrogen-bond acceptors (Lipinski definition) is 7. The second kappa shape index (κ2) is 7.70. The summed E-state index contributed by atoms with van der Waals surface area (Å²) in [5.74, 6) is 1.33. The van der Waals surface area contributed by atoms with Crippen LogP contribution >= 0.6 is 0 Å². The Bertz CT molecular complexity index is 902. The van der Waals surface area contributed by atoms with Crippen LogP contribution in [0.5, 0.6) is 11.5 Å². The zero-order chi connectivity index (χ0) is 18.5. The van der Waals surface area contributed by atoms with E-state index in [9.17, 15) is 4.79 Å². The van der Waals surface area contributed by atoms with Crippen molar-refractivity contribution in [3.05, 3.63) is 42.4 Å². The Morgan fingerprint density at radius 1 is 1.35 bits per heavy atom. The first kappa shape index (κ1) is 17.5. The van der Waals surface area contributed by atoms with Crippen molar-refractivity contribution in [1.29, 1.82) is 0 Å². The molecule has 0 fully saturated rings. The summed E-state index contributed by atoms with van der Waals surface area (Å²) < 4.78 is 17.4. The van der Waals surface area contributed by atoms with E-state index >= 15 is 0 Å². The molecule has 2 heterocycles. The van der Waals surface area contributed by atoms with Gasteiger partial charge in [-0.2, -0.15) is 5.10 Å². The number of carbonyl (C=O) groups excluding carboxylic acids is 1. The Morgan fingerprint density at radius 2 is 2.19 bits per heavy atom. The summed E-state index contributed by atoms with van der Waals surface area (Å²) in [5.41, 5.74) is 7.67. The maximum Gasteiger partial charge on any atom is 0.417 e. The van der Waals surface area contributed by atoms with Gasteiger partial charge in [0.05, 0.1) is 5.69 Å². The van der Waals surface area contributed by atoms with E-state index in [1.807, 2.05) is 13.1 Å². The van der Waals surface area contributed by atoms with Crippen LogP contribution in [-0.2, 0) is 7.05 Å². The summed E-state index contributed by atoms with van der Waals surface area (Å²) >= 11 is 0. The molecule has 3 N–H and O–H groups in total. The molecule has 3 rings (SSSR count). The van der Waals surface area contributed by atoms with Crippen molar-refractivity contribution in [2.75, 3.05) is 18.5 Å². The number of nitrogens with one attached hydrogen (secondary N) is 1. The predicted molar refractivity (Wildman–Crippen MR) is 94.1 cm³/mol. The Kier molecular flexibility index (Phi) is 5.18. The van der Waals surface area contributed by atoms with Gasteiger partial charge in [0.15, 0.2) is 11.5 Å². The Morgan fingerprint density at radius 3 is 2.85 bits per heavy atom. The minimum atomic E-state index is -0.650. The lowest BCUT2D eigenvalue weighted by Gasteiger charge is -2.13. The van der Waals surface area contributed by atoms with Gasteiger partial charge in [-0.25, -0.2) is 4.79 Å². The van der Waals surface area contributed by atoms with Crippen LogP contribution < -0.4 is 20.5 Å². The quantitative estimate of drug-likeness (QED) is 0.695. The zero-order valence-electron chi connectivity index (χ0n) is 14.4. The van der Waals surface area contributed by atoms with E-state index in [0.29, 0.717) is 30.3 Å². The molecular formula is C17H19N5O4. The molecule has 26 heavy (non-hydrogen) atoms. The minimum absolute atomic E-state index is 0.261. The highest BCUT2D eigenvalue weighted by Crippen LogP contribution is 2.32. The monoisotopic (exact) mass is 357 g/mol. The van der Waals surface area contributed by atoms with Crippen molar-refractivity contribution >= 4 is 11.8 Å². The van der Waals surface area contributed by atoms with Crippen molar-refractivity contribution in [1.82, 2.24) is 14.9 Å². The second-order valence-corrected chi connectivity index (χ2v) is 5.45. The molecule has 0 aliphatic heterocycles. The molecule has 0 bridgehead atoms. The summed E-state index contributed by atoms with van der Waals surface area (Å²) in [7, 11) is 1.82. The number of amides is 1. The molecule has 2 aromatic heterocycles. The normalized spacial score (nSPS) is 10.6. The summed E-state index contributed by atoms with van der Waals surface area (Å²) in [5, 5.41) is 10.4. The number of nitrogens with zero attached hydrogens (tertiary/aromatic N) is 3. The van der Waals surface area contributed by atoms with Gasteiger partial charge in [0.1, 0.15) is 18.6 Å². The van der Waals surface area contributed by atoms with E-state index in [-0.39, 0.29) is 5.75 Å². The lowest BCUT2D eigenvalue weighted by Crippen LogP contribution is -2.17. The number of hydrogen-bond donors (Lipinski definition) is 2. The zero-order valence-corrected chi connectivity index (χ0v) is 14.4. The van der Waals surface area contributed by atoms with Gasteiger partial charge < -0.3 is 19.7 Å². The number of anilines is 1. The molecule has 0 unspecified atom stereocenters. The average molecular weight is 357 g/mol. The second-order valence-electron chi connectivity index (χ2n) is 5.45. The predicted octanol–water partition coefficient (Wildman–Crippen LogP) is 2.33. The maximum absolute atomic E-state index is 12.1. The molecule has 136 valence electrons. The lowest BCUT2D eigenvalue weighted by molar-refractivity contribution is 0.214. The summed E-state index contributed by atoms with van der Waals surface area (Å²) in [4.78, 5) is 12.1. The van der Waals surface area contributed by atoms with Crippen molar-refractivity contribution in [2.45, 2.75) is 6.92 Å². The number of aryl methyl sites for hydroxylation is 2.